The van der Waals surface area contributed by atoms with Crippen LogP contribution >= 0.6 is 34.8 Å². The van der Waals surface area contributed by atoms with Crippen LogP contribution in [0.4, 0.5) is 11.4 Å². The fourth-order valence-corrected chi connectivity index (χ4v) is 4.44. The fourth-order valence-electron chi connectivity index (χ4n) is 3.80. The number of hydrogen-bond donors (Lipinski definition) is 0. The van der Waals surface area contributed by atoms with Gasteiger partial charge in [-0.2, -0.15) is 0 Å². The molecule has 3 aromatic carbocycles. The number of halogens is 3. The smallest absolute Gasteiger partial charge is 0.253 e. The molecule has 0 saturated carbocycles. The molecule has 4 nitrogen and oxygen atoms in total. The molecule has 0 aromatic heterocycles. The predicted molar refractivity (Wildman–Crippen MR) is 127 cm³/mol. The van der Waals surface area contributed by atoms with Crippen molar-refractivity contribution in [2.45, 2.75) is 6.04 Å². The third kappa shape index (κ3) is 4.65. The van der Waals surface area contributed by atoms with Crippen molar-refractivity contribution in [3.63, 3.8) is 0 Å². The molecule has 1 amide bonds. The van der Waals surface area contributed by atoms with Crippen LogP contribution in [0, 0.1) is 6.57 Å². The third-order valence-electron chi connectivity index (χ3n) is 5.38. The molecule has 0 spiro atoms. The minimum Gasteiger partial charge on any atom is -0.360 e. The summed E-state index contributed by atoms with van der Waals surface area (Å²) in [5.41, 5.74) is 2.99. The largest absolute Gasteiger partial charge is 0.360 e. The van der Waals surface area contributed by atoms with Crippen molar-refractivity contribution in [1.82, 2.24) is 4.90 Å². The van der Waals surface area contributed by atoms with E-state index < -0.39 is 0 Å². The molecule has 3 aromatic rings. The minimum absolute atomic E-state index is 0.0580. The zero-order chi connectivity index (χ0) is 22.0. The van der Waals surface area contributed by atoms with Crippen molar-refractivity contribution in [2.24, 2.45) is 0 Å². The van der Waals surface area contributed by atoms with Gasteiger partial charge < -0.3 is 9.80 Å². The van der Waals surface area contributed by atoms with Crippen LogP contribution in [0.2, 0.25) is 15.1 Å². The Kier molecular flexibility index (Phi) is 6.38. The van der Waals surface area contributed by atoms with Crippen molar-refractivity contribution in [2.75, 3.05) is 24.5 Å². The van der Waals surface area contributed by atoms with Gasteiger partial charge in [-0.25, -0.2) is 4.85 Å². The van der Waals surface area contributed by atoms with Crippen molar-refractivity contribution in [1.29, 1.82) is 0 Å². The van der Waals surface area contributed by atoms with Gasteiger partial charge in [-0.1, -0.05) is 71.2 Å². The molecule has 1 saturated heterocycles. The van der Waals surface area contributed by atoms with Gasteiger partial charge in [0.2, 0.25) is 0 Å². The number of benzene rings is 3. The van der Waals surface area contributed by atoms with Gasteiger partial charge in [0.05, 0.1) is 23.3 Å². The van der Waals surface area contributed by atoms with Crippen molar-refractivity contribution < 1.29 is 4.79 Å². The van der Waals surface area contributed by atoms with Crippen LogP contribution in [-0.4, -0.2) is 30.4 Å². The molecule has 7 heteroatoms. The highest BCUT2D eigenvalue weighted by molar-refractivity contribution is 6.36. The number of anilines is 1. The fraction of sp³-hybridized carbons (Fsp3) is 0.167. The topological polar surface area (TPSA) is 27.9 Å². The normalized spacial score (nSPS) is 16.1. The number of nitrogens with zero attached hydrogens (tertiary/aromatic N) is 3. The van der Waals surface area contributed by atoms with Crippen LogP contribution in [0.5, 0.6) is 0 Å². The molecular formula is C24H18Cl3N3O. The van der Waals surface area contributed by atoms with E-state index in [4.69, 9.17) is 41.4 Å². The maximum Gasteiger partial charge on any atom is 0.253 e. The van der Waals surface area contributed by atoms with Gasteiger partial charge in [0, 0.05) is 35.2 Å². The Balaban J connectivity index is 1.65. The summed E-state index contributed by atoms with van der Waals surface area (Å²) in [6.45, 7) is 8.73. The van der Waals surface area contributed by atoms with Crippen LogP contribution in [0.3, 0.4) is 0 Å². The highest BCUT2D eigenvalue weighted by atomic mass is 35.5. The van der Waals surface area contributed by atoms with Crippen LogP contribution in [0.15, 0.2) is 66.7 Å². The molecule has 156 valence electrons. The van der Waals surface area contributed by atoms with Crippen molar-refractivity contribution >= 4 is 52.1 Å². The Morgan fingerprint density at radius 3 is 2.23 bits per heavy atom. The maximum atomic E-state index is 13.2. The molecule has 0 bridgehead atoms. The second-order valence-corrected chi connectivity index (χ2v) is 8.55. The number of hydrogen-bond acceptors (Lipinski definition) is 2. The lowest BCUT2D eigenvalue weighted by Crippen LogP contribution is -2.50. The van der Waals surface area contributed by atoms with Gasteiger partial charge in [-0.3, -0.25) is 4.79 Å². The van der Waals surface area contributed by atoms with E-state index in [1.54, 1.807) is 30.3 Å². The van der Waals surface area contributed by atoms with Gasteiger partial charge >= 0.3 is 0 Å². The Morgan fingerprint density at radius 2 is 1.58 bits per heavy atom. The molecule has 4 rings (SSSR count). The van der Waals surface area contributed by atoms with Gasteiger partial charge in [0.15, 0.2) is 5.69 Å². The third-order valence-corrected chi connectivity index (χ3v) is 6.17. The van der Waals surface area contributed by atoms with Crippen LogP contribution in [0.1, 0.15) is 22.0 Å². The number of carbonyl (C=O) groups excluding carboxylic acids is 1. The van der Waals surface area contributed by atoms with Crippen LogP contribution in [-0.2, 0) is 0 Å². The average molecular weight is 471 g/mol. The van der Waals surface area contributed by atoms with E-state index in [1.165, 1.54) is 0 Å². The predicted octanol–water partition coefficient (Wildman–Crippen LogP) is 6.90. The first-order valence-electron chi connectivity index (χ1n) is 9.70. The second kappa shape index (κ2) is 9.20. The second-order valence-electron chi connectivity index (χ2n) is 7.27. The first-order chi connectivity index (χ1) is 15.0. The lowest BCUT2D eigenvalue weighted by atomic mass is 10.0. The standard InChI is InChI=1S/C24H18Cl3N3O/c1-28-20-9-4-17(5-10-20)24(31)29-12-13-30(22-11-8-19(26)14-21(22)27)23(15-29)16-2-6-18(25)7-3-16/h2-11,14,23H,12-13,15H2. The van der Waals surface area contributed by atoms with Crippen molar-refractivity contribution in [3.8, 4) is 0 Å². The minimum atomic E-state index is -0.101. The van der Waals surface area contributed by atoms with Crippen LogP contribution < -0.4 is 4.90 Å². The zero-order valence-corrected chi connectivity index (χ0v) is 18.7. The molecule has 1 heterocycles. The molecule has 1 aliphatic rings. The molecule has 1 fully saturated rings. The first kappa shape index (κ1) is 21.5. The zero-order valence-electron chi connectivity index (χ0n) is 16.4. The molecule has 1 aliphatic heterocycles. The van der Waals surface area contributed by atoms with Gasteiger partial charge in [-0.15, -0.1) is 0 Å². The van der Waals surface area contributed by atoms with E-state index in [0.29, 0.717) is 46.0 Å². The summed E-state index contributed by atoms with van der Waals surface area (Å²) in [7, 11) is 0. The van der Waals surface area contributed by atoms with Gasteiger partial charge in [0.25, 0.3) is 5.91 Å². The average Bonchev–Trinajstić information content (AvgIpc) is 2.79. The van der Waals surface area contributed by atoms with E-state index in [1.807, 2.05) is 41.3 Å². The van der Waals surface area contributed by atoms with E-state index >= 15 is 0 Å². The van der Waals surface area contributed by atoms with Crippen LogP contribution in [0.25, 0.3) is 4.85 Å². The summed E-state index contributed by atoms with van der Waals surface area (Å²) < 4.78 is 0. The lowest BCUT2D eigenvalue weighted by Gasteiger charge is -2.43. The van der Waals surface area contributed by atoms with E-state index in [2.05, 4.69) is 9.74 Å². The van der Waals surface area contributed by atoms with Gasteiger partial charge in [-0.05, 0) is 35.9 Å². The SMILES string of the molecule is [C-]#[N+]c1ccc(C(=O)N2CCN(c3ccc(Cl)cc3Cl)C(c3ccc(Cl)cc3)C2)cc1. The van der Waals surface area contributed by atoms with Crippen molar-refractivity contribution in [3.05, 3.63) is 104 Å². The highest BCUT2D eigenvalue weighted by Gasteiger charge is 2.32. The molecule has 1 unspecified atom stereocenters. The van der Waals surface area contributed by atoms with E-state index in [9.17, 15) is 4.79 Å². The molecule has 0 aliphatic carbocycles. The number of amides is 1. The molecule has 1 atom stereocenters. The Labute approximate surface area is 196 Å². The first-order valence-corrected chi connectivity index (χ1v) is 10.8. The van der Waals surface area contributed by atoms with E-state index in [0.717, 1.165) is 11.3 Å². The summed E-state index contributed by atoms with van der Waals surface area (Å²) in [5.74, 6) is -0.0580. The Morgan fingerprint density at radius 1 is 0.903 bits per heavy atom. The summed E-state index contributed by atoms with van der Waals surface area (Å²) >= 11 is 18.7. The van der Waals surface area contributed by atoms with E-state index in [-0.39, 0.29) is 11.9 Å². The molecule has 0 N–H and O–H groups in total. The monoisotopic (exact) mass is 469 g/mol. The quantitative estimate of drug-likeness (QED) is 0.389. The molecule has 31 heavy (non-hydrogen) atoms. The summed E-state index contributed by atoms with van der Waals surface area (Å²) in [6, 6.07) is 19.7. The highest BCUT2D eigenvalue weighted by Crippen LogP contribution is 2.37. The lowest BCUT2D eigenvalue weighted by molar-refractivity contribution is 0.0722. The Bertz CT molecular complexity index is 1140. The summed E-state index contributed by atoms with van der Waals surface area (Å²) in [4.78, 5) is 20.6. The van der Waals surface area contributed by atoms with Gasteiger partial charge in [0.1, 0.15) is 0 Å². The summed E-state index contributed by atoms with van der Waals surface area (Å²) in [6.07, 6.45) is 0. The summed E-state index contributed by atoms with van der Waals surface area (Å²) in [5, 5.41) is 1.80. The number of carbonyl (C=O) groups is 1. The number of rotatable bonds is 3. The molecular weight excluding hydrogens is 453 g/mol. The number of piperazine rings is 1. The Hall–Kier alpha value is -2.71. The maximum absolute atomic E-state index is 13.2. The molecule has 0 radical (unpaired) electrons.